The standard InChI is InChI=1S/C3H3ClO.H3N/c1-2-3(4)5;/h2H,1H2;1H3. The molecule has 36 valence electrons. The quantitative estimate of drug-likeness (QED) is 0.403. The summed E-state index contributed by atoms with van der Waals surface area (Å²) < 4.78 is 0. The average Bonchev–Trinajstić information content (AvgIpc) is 1.38. The lowest BCUT2D eigenvalue weighted by Gasteiger charge is -1.59. The van der Waals surface area contributed by atoms with Crippen molar-refractivity contribution in [3.05, 3.63) is 12.7 Å². The molecule has 2 nitrogen and oxygen atoms in total. The monoisotopic (exact) mass is 107 g/mol. The van der Waals surface area contributed by atoms with Crippen LogP contribution in [0.2, 0.25) is 0 Å². The van der Waals surface area contributed by atoms with Crippen LogP contribution in [0.4, 0.5) is 0 Å². The molecule has 0 amide bonds. The molecule has 0 aromatic carbocycles. The molecule has 0 aromatic rings. The molecule has 0 saturated carbocycles. The second kappa shape index (κ2) is 4.66. The number of hydrogen-bond acceptors (Lipinski definition) is 2. The van der Waals surface area contributed by atoms with E-state index in [0.717, 1.165) is 6.08 Å². The van der Waals surface area contributed by atoms with E-state index in [-0.39, 0.29) is 6.15 Å². The molecule has 6 heavy (non-hydrogen) atoms. The maximum atomic E-state index is 9.46. The number of allylic oxidation sites excluding steroid dienone is 1. The van der Waals surface area contributed by atoms with Crippen LogP contribution in [-0.2, 0) is 4.79 Å². The van der Waals surface area contributed by atoms with Crippen molar-refractivity contribution in [2.45, 2.75) is 0 Å². The van der Waals surface area contributed by atoms with E-state index >= 15 is 0 Å². The van der Waals surface area contributed by atoms with Gasteiger partial charge in [-0.05, 0) is 17.7 Å². The van der Waals surface area contributed by atoms with Gasteiger partial charge in [0.15, 0.2) is 0 Å². The summed E-state index contributed by atoms with van der Waals surface area (Å²) in [4.78, 5) is 9.46. The fourth-order valence-electron chi connectivity index (χ4n) is 0. The third kappa shape index (κ3) is 9.40. The van der Waals surface area contributed by atoms with Gasteiger partial charge in [0.05, 0.1) is 0 Å². The van der Waals surface area contributed by atoms with Crippen LogP contribution in [0, 0.1) is 0 Å². The fraction of sp³-hybridized carbons (Fsp3) is 0. The minimum atomic E-state index is -0.509. The van der Waals surface area contributed by atoms with Gasteiger partial charge in [0.1, 0.15) is 0 Å². The van der Waals surface area contributed by atoms with Gasteiger partial charge in [-0.25, -0.2) is 0 Å². The summed E-state index contributed by atoms with van der Waals surface area (Å²) in [6.07, 6.45) is 1.04. The summed E-state index contributed by atoms with van der Waals surface area (Å²) in [7, 11) is 0. The van der Waals surface area contributed by atoms with E-state index in [1.54, 1.807) is 0 Å². The zero-order chi connectivity index (χ0) is 4.28. The lowest BCUT2D eigenvalue weighted by Crippen LogP contribution is -1.67. The van der Waals surface area contributed by atoms with E-state index in [2.05, 4.69) is 6.58 Å². The van der Waals surface area contributed by atoms with Crippen molar-refractivity contribution < 1.29 is 4.79 Å². The van der Waals surface area contributed by atoms with Crippen LogP contribution in [0.15, 0.2) is 12.7 Å². The van der Waals surface area contributed by atoms with Gasteiger partial charge in [0.2, 0.25) is 5.24 Å². The molecule has 0 fully saturated rings. The smallest absolute Gasteiger partial charge is 0.244 e. The Morgan fingerprint density at radius 2 is 2.00 bits per heavy atom. The number of halogens is 1. The Bertz CT molecular complexity index is 61.8. The fourth-order valence-corrected chi connectivity index (χ4v) is 0. The molecule has 0 bridgehead atoms. The lowest BCUT2D eigenvalue weighted by molar-refractivity contribution is -0.107. The van der Waals surface area contributed by atoms with Crippen molar-refractivity contribution in [1.82, 2.24) is 6.15 Å². The van der Waals surface area contributed by atoms with Crippen LogP contribution in [0.3, 0.4) is 0 Å². The Hall–Kier alpha value is -0.340. The van der Waals surface area contributed by atoms with Gasteiger partial charge in [-0.2, -0.15) is 0 Å². The topological polar surface area (TPSA) is 52.1 Å². The van der Waals surface area contributed by atoms with Crippen LogP contribution in [0.5, 0.6) is 0 Å². The van der Waals surface area contributed by atoms with Gasteiger partial charge in [-0.1, -0.05) is 6.58 Å². The molecular formula is C3H6ClNO. The highest BCUT2D eigenvalue weighted by atomic mass is 35.5. The van der Waals surface area contributed by atoms with Crippen LogP contribution in [0.25, 0.3) is 0 Å². The Kier molecular flexibility index (Phi) is 7.13. The van der Waals surface area contributed by atoms with Crippen molar-refractivity contribution in [2.75, 3.05) is 0 Å². The predicted molar refractivity (Wildman–Crippen MR) is 26.1 cm³/mol. The third-order valence-electron chi connectivity index (χ3n) is 0.160. The van der Waals surface area contributed by atoms with Crippen LogP contribution in [0.1, 0.15) is 0 Å². The van der Waals surface area contributed by atoms with E-state index in [1.807, 2.05) is 0 Å². The van der Waals surface area contributed by atoms with Crippen molar-refractivity contribution in [2.24, 2.45) is 0 Å². The summed E-state index contributed by atoms with van der Waals surface area (Å²) in [6.45, 7) is 3.08. The molecule has 0 aliphatic heterocycles. The molecule has 0 atom stereocenters. The van der Waals surface area contributed by atoms with E-state index in [9.17, 15) is 4.79 Å². The first-order chi connectivity index (χ1) is 2.27. The molecule has 0 aliphatic rings. The summed E-state index contributed by atoms with van der Waals surface area (Å²) in [6, 6.07) is 0. The molecule has 0 heterocycles. The highest BCUT2D eigenvalue weighted by Gasteiger charge is 1.74. The Morgan fingerprint density at radius 1 is 1.83 bits per heavy atom. The second-order valence-corrected chi connectivity index (χ2v) is 0.881. The van der Waals surface area contributed by atoms with Gasteiger partial charge in [-0.3, -0.25) is 4.79 Å². The van der Waals surface area contributed by atoms with Crippen molar-refractivity contribution in [3.63, 3.8) is 0 Å². The van der Waals surface area contributed by atoms with Gasteiger partial charge >= 0.3 is 0 Å². The largest absolute Gasteiger partial charge is 0.344 e. The van der Waals surface area contributed by atoms with Crippen LogP contribution < -0.4 is 6.15 Å². The van der Waals surface area contributed by atoms with E-state index in [4.69, 9.17) is 11.6 Å². The van der Waals surface area contributed by atoms with Gasteiger partial charge in [-0.15, -0.1) is 0 Å². The Balaban J connectivity index is 0. The molecule has 0 aliphatic carbocycles. The molecule has 0 radical (unpaired) electrons. The summed E-state index contributed by atoms with van der Waals surface area (Å²) in [5, 5.41) is -0.509. The number of carbonyl (C=O) groups excluding carboxylic acids is 1. The second-order valence-electron chi connectivity index (χ2n) is 0.508. The summed E-state index contributed by atoms with van der Waals surface area (Å²) >= 11 is 4.71. The SMILES string of the molecule is C=CC(=O)Cl.N. The summed E-state index contributed by atoms with van der Waals surface area (Å²) in [5.74, 6) is 0. The predicted octanol–water partition coefficient (Wildman–Crippen LogP) is 1.10. The maximum absolute atomic E-state index is 9.46. The molecule has 0 saturated heterocycles. The minimum absolute atomic E-state index is 0. The maximum Gasteiger partial charge on any atom is 0.244 e. The first kappa shape index (κ1) is 9.18. The van der Waals surface area contributed by atoms with Crippen molar-refractivity contribution >= 4 is 16.8 Å². The normalized spacial score (nSPS) is 5.50. The van der Waals surface area contributed by atoms with E-state index in [0.29, 0.717) is 0 Å². The Morgan fingerprint density at radius 3 is 2.00 bits per heavy atom. The minimum Gasteiger partial charge on any atom is -0.344 e. The zero-order valence-electron chi connectivity index (χ0n) is 3.28. The molecule has 3 heteroatoms. The van der Waals surface area contributed by atoms with Gasteiger partial charge in [0, 0.05) is 0 Å². The molecule has 0 aromatic heterocycles. The molecule has 0 unspecified atom stereocenters. The average molecular weight is 108 g/mol. The third-order valence-corrected chi connectivity index (χ3v) is 0.315. The van der Waals surface area contributed by atoms with E-state index < -0.39 is 5.24 Å². The van der Waals surface area contributed by atoms with E-state index in [1.165, 1.54) is 0 Å². The first-order valence-electron chi connectivity index (χ1n) is 1.09. The highest BCUT2D eigenvalue weighted by molar-refractivity contribution is 6.66. The summed E-state index contributed by atoms with van der Waals surface area (Å²) in [5.41, 5.74) is 0. The first-order valence-corrected chi connectivity index (χ1v) is 1.47. The molecule has 0 rings (SSSR count). The number of carbonyl (C=O) groups is 1. The molecule has 0 spiro atoms. The molecule has 3 N–H and O–H groups in total. The zero-order valence-corrected chi connectivity index (χ0v) is 4.03. The van der Waals surface area contributed by atoms with Crippen molar-refractivity contribution in [3.8, 4) is 0 Å². The molecular weight excluding hydrogens is 101 g/mol. The van der Waals surface area contributed by atoms with Gasteiger partial charge < -0.3 is 6.15 Å². The highest BCUT2D eigenvalue weighted by Crippen LogP contribution is 1.74. The van der Waals surface area contributed by atoms with Crippen molar-refractivity contribution in [1.29, 1.82) is 0 Å². The lowest BCUT2D eigenvalue weighted by atomic mass is 10.7. The van der Waals surface area contributed by atoms with Gasteiger partial charge in [0.25, 0.3) is 0 Å². The van der Waals surface area contributed by atoms with Crippen LogP contribution >= 0.6 is 11.6 Å². The Labute approximate surface area is 41.4 Å². The van der Waals surface area contributed by atoms with Crippen LogP contribution in [-0.4, -0.2) is 5.24 Å². The number of hydrogen-bond donors (Lipinski definition) is 1. The number of rotatable bonds is 1.